The first kappa shape index (κ1) is 10.9. The van der Waals surface area contributed by atoms with Gasteiger partial charge in [-0.3, -0.25) is 16.3 Å². The van der Waals surface area contributed by atoms with Gasteiger partial charge < -0.3 is 4.42 Å². The second-order valence-electron chi connectivity index (χ2n) is 4.01. The number of hydrogen-bond donors (Lipinski definition) is 2. The van der Waals surface area contributed by atoms with E-state index in [1.807, 2.05) is 12.1 Å². The molecule has 0 saturated carbocycles. The van der Waals surface area contributed by atoms with Gasteiger partial charge in [0.25, 0.3) is 0 Å². The molecule has 0 aliphatic carbocycles. The summed E-state index contributed by atoms with van der Waals surface area (Å²) in [4.78, 5) is 4.11. The fourth-order valence-electron chi connectivity index (χ4n) is 2.01. The van der Waals surface area contributed by atoms with Gasteiger partial charge in [0.15, 0.2) is 0 Å². The number of nitrogens with zero attached hydrogens (tertiary/aromatic N) is 3. The van der Waals surface area contributed by atoms with Crippen LogP contribution in [0.2, 0.25) is 0 Å². The first-order valence-electron chi connectivity index (χ1n) is 5.64. The Hall–Kier alpha value is -2.18. The Bertz CT molecular complexity index is 631. The number of hydrogen-bond acceptors (Lipinski definition) is 5. The lowest BCUT2D eigenvalue weighted by Crippen LogP contribution is -2.29. The first-order valence-corrected chi connectivity index (χ1v) is 5.64. The van der Waals surface area contributed by atoms with Crippen LogP contribution >= 0.6 is 0 Å². The highest BCUT2D eigenvalue weighted by Gasteiger charge is 2.16. The molecule has 0 radical (unpaired) electrons. The molecule has 3 N–H and O–H groups in total. The van der Waals surface area contributed by atoms with Gasteiger partial charge in [-0.1, -0.05) is 0 Å². The summed E-state index contributed by atoms with van der Waals surface area (Å²) in [6.07, 6.45) is 9.39. The lowest BCUT2D eigenvalue weighted by molar-refractivity contribution is 0.456. The summed E-state index contributed by atoms with van der Waals surface area (Å²) in [7, 11) is 0. The molecule has 3 heterocycles. The molecule has 3 rings (SSSR count). The molecule has 3 aromatic rings. The average molecular weight is 243 g/mol. The highest BCUT2D eigenvalue weighted by atomic mass is 16.3. The number of fused-ring (bicyclic) bond motifs is 1. The van der Waals surface area contributed by atoms with Crippen molar-refractivity contribution >= 4 is 5.52 Å². The first-order chi connectivity index (χ1) is 8.88. The van der Waals surface area contributed by atoms with Crippen LogP contribution in [0, 0.1) is 0 Å². The second-order valence-corrected chi connectivity index (χ2v) is 4.01. The summed E-state index contributed by atoms with van der Waals surface area (Å²) in [5.74, 6) is 6.50. The second kappa shape index (κ2) is 4.59. The highest BCUT2D eigenvalue weighted by Crippen LogP contribution is 2.21. The van der Waals surface area contributed by atoms with Gasteiger partial charge in [-0.2, -0.15) is 5.10 Å². The van der Waals surface area contributed by atoms with Crippen LogP contribution in [0.5, 0.6) is 0 Å². The molecule has 0 spiro atoms. The third kappa shape index (κ3) is 1.87. The molecule has 0 aromatic carbocycles. The van der Waals surface area contributed by atoms with Crippen molar-refractivity contribution in [2.75, 3.05) is 0 Å². The van der Waals surface area contributed by atoms with E-state index in [1.165, 1.54) is 0 Å². The van der Waals surface area contributed by atoms with Gasteiger partial charge in [0.1, 0.15) is 5.76 Å². The third-order valence-corrected chi connectivity index (χ3v) is 2.92. The quantitative estimate of drug-likeness (QED) is 0.529. The van der Waals surface area contributed by atoms with Crippen LogP contribution in [-0.4, -0.2) is 14.6 Å². The molecule has 0 aliphatic rings. The minimum Gasteiger partial charge on any atom is -0.469 e. The molecule has 0 amide bonds. The van der Waals surface area contributed by atoms with Crippen LogP contribution in [0.1, 0.15) is 17.4 Å². The normalized spacial score (nSPS) is 12.9. The minimum atomic E-state index is -0.0575. The lowest BCUT2D eigenvalue weighted by atomic mass is 10.1. The number of nitrogens with one attached hydrogen (secondary N) is 1. The Kier molecular flexibility index (Phi) is 2.79. The number of furan rings is 1. The number of rotatable bonds is 4. The molecule has 1 atom stereocenters. The van der Waals surface area contributed by atoms with Crippen LogP contribution in [0.25, 0.3) is 5.52 Å². The maximum atomic E-state index is 5.62. The number of nitrogens with two attached hydrogens (primary N) is 1. The predicted octanol–water partition coefficient (Wildman–Crippen LogP) is 1.07. The van der Waals surface area contributed by atoms with Crippen molar-refractivity contribution < 1.29 is 4.42 Å². The van der Waals surface area contributed by atoms with Gasteiger partial charge in [0.2, 0.25) is 0 Å². The fraction of sp³-hybridized carbons (Fsp3) is 0.167. The lowest BCUT2D eigenvalue weighted by Gasteiger charge is -2.13. The van der Waals surface area contributed by atoms with E-state index >= 15 is 0 Å². The summed E-state index contributed by atoms with van der Waals surface area (Å²) in [6, 6.07) is 3.73. The maximum absolute atomic E-state index is 5.62. The topological polar surface area (TPSA) is 81.4 Å². The standard InChI is InChI=1S/C12H13N5O/c13-16-11(6-9-2-1-5-18-9)10-7-15-17-4-3-14-8-12(10)17/h1-5,7-8,11,16H,6,13H2. The Morgan fingerprint density at radius 1 is 1.44 bits per heavy atom. The largest absolute Gasteiger partial charge is 0.469 e. The summed E-state index contributed by atoms with van der Waals surface area (Å²) in [5, 5.41) is 4.27. The minimum absolute atomic E-state index is 0.0575. The molecule has 6 nitrogen and oxygen atoms in total. The van der Waals surface area contributed by atoms with E-state index in [1.54, 1.807) is 35.6 Å². The molecule has 0 saturated heterocycles. The smallest absolute Gasteiger partial charge is 0.105 e. The molecule has 1 unspecified atom stereocenters. The summed E-state index contributed by atoms with van der Waals surface area (Å²) < 4.78 is 7.11. The van der Waals surface area contributed by atoms with E-state index in [0.717, 1.165) is 16.8 Å². The van der Waals surface area contributed by atoms with Crippen LogP contribution in [0.4, 0.5) is 0 Å². The molecular weight excluding hydrogens is 230 g/mol. The summed E-state index contributed by atoms with van der Waals surface area (Å²) >= 11 is 0. The zero-order valence-electron chi connectivity index (χ0n) is 9.65. The van der Waals surface area contributed by atoms with Crippen molar-refractivity contribution in [3.8, 4) is 0 Å². The fourth-order valence-corrected chi connectivity index (χ4v) is 2.01. The SMILES string of the molecule is NNC(Cc1ccco1)c1cnn2ccncc12. The van der Waals surface area contributed by atoms with Crippen molar-refractivity contribution in [3.05, 3.63) is 54.5 Å². The molecule has 18 heavy (non-hydrogen) atoms. The highest BCUT2D eigenvalue weighted by molar-refractivity contribution is 5.53. The van der Waals surface area contributed by atoms with Gasteiger partial charge in [0.05, 0.1) is 30.2 Å². The van der Waals surface area contributed by atoms with Crippen molar-refractivity contribution in [1.82, 2.24) is 20.0 Å². The van der Waals surface area contributed by atoms with Gasteiger partial charge in [-0.15, -0.1) is 0 Å². The Labute approximate surface area is 103 Å². The summed E-state index contributed by atoms with van der Waals surface area (Å²) in [5.41, 5.74) is 4.73. The van der Waals surface area contributed by atoms with Crippen molar-refractivity contribution in [2.45, 2.75) is 12.5 Å². The van der Waals surface area contributed by atoms with Gasteiger partial charge >= 0.3 is 0 Å². The zero-order chi connectivity index (χ0) is 12.4. The molecule has 6 heteroatoms. The molecule has 0 fully saturated rings. The van der Waals surface area contributed by atoms with E-state index in [0.29, 0.717) is 6.42 Å². The van der Waals surface area contributed by atoms with Crippen LogP contribution in [-0.2, 0) is 6.42 Å². The van der Waals surface area contributed by atoms with Gasteiger partial charge in [-0.25, -0.2) is 4.52 Å². The van der Waals surface area contributed by atoms with Gasteiger partial charge in [-0.05, 0) is 12.1 Å². The zero-order valence-corrected chi connectivity index (χ0v) is 9.65. The third-order valence-electron chi connectivity index (χ3n) is 2.92. The Morgan fingerprint density at radius 2 is 2.39 bits per heavy atom. The molecule has 92 valence electrons. The molecular formula is C12H13N5O. The Morgan fingerprint density at radius 3 is 3.17 bits per heavy atom. The van der Waals surface area contributed by atoms with E-state index < -0.39 is 0 Å². The summed E-state index contributed by atoms with van der Waals surface area (Å²) in [6.45, 7) is 0. The van der Waals surface area contributed by atoms with Crippen molar-refractivity contribution in [3.63, 3.8) is 0 Å². The molecule has 0 bridgehead atoms. The Balaban J connectivity index is 1.96. The average Bonchev–Trinajstić information content (AvgIpc) is 3.05. The van der Waals surface area contributed by atoms with Crippen LogP contribution in [0.15, 0.2) is 47.6 Å². The van der Waals surface area contributed by atoms with Crippen molar-refractivity contribution in [1.29, 1.82) is 0 Å². The van der Waals surface area contributed by atoms with E-state index in [-0.39, 0.29) is 6.04 Å². The molecule has 0 aliphatic heterocycles. The van der Waals surface area contributed by atoms with E-state index in [9.17, 15) is 0 Å². The number of aromatic nitrogens is 3. The monoisotopic (exact) mass is 243 g/mol. The molecule has 3 aromatic heterocycles. The van der Waals surface area contributed by atoms with E-state index in [2.05, 4.69) is 15.5 Å². The van der Waals surface area contributed by atoms with Crippen LogP contribution in [0.3, 0.4) is 0 Å². The van der Waals surface area contributed by atoms with Gasteiger partial charge in [0, 0.05) is 24.4 Å². The maximum Gasteiger partial charge on any atom is 0.105 e. The van der Waals surface area contributed by atoms with Crippen molar-refractivity contribution in [2.24, 2.45) is 5.84 Å². The predicted molar refractivity (Wildman–Crippen MR) is 65.5 cm³/mol. The van der Waals surface area contributed by atoms with E-state index in [4.69, 9.17) is 10.3 Å². The number of hydrazine groups is 1. The van der Waals surface area contributed by atoms with Crippen LogP contribution < -0.4 is 11.3 Å².